The van der Waals surface area contributed by atoms with E-state index < -0.39 is 18.5 Å². The number of hydrogen-bond acceptors (Lipinski definition) is 6. The number of carbonyl (C=O) groups excluding carboxylic acids is 3. The van der Waals surface area contributed by atoms with Gasteiger partial charge >= 0.3 is 5.97 Å². The Morgan fingerprint density at radius 3 is 2.54 bits per heavy atom. The van der Waals surface area contributed by atoms with Crippen LogP contribution in [0.25, 0.3) is 11.3 Å². The first-order valence-electron chi connectivity index (χ1n) is 8.35. The average Bonchev–Trinajstić information content (AvgIpc) is 3.21. The Balaban J connectivity index is 1.55. The third-order valence-corrected chi connectivity index (χ3v) is 3.84. The van der Waals surface area contributed by atoms with E-state index in [1.807, 2.05) is 0 Å². The van der Waals surface area contributed by atoms with Gasteiger partial charge in [-0.15, -0.1) is 0 Å². The van der Waals surface area contributed by atoms with Gasteiger partial charge in [0, 0.05) is 17.3 Å². The summed E-state index contributed by atoms with van der Waals surface area (Å²) in [5.41, 5.74) is 1.54. The lowest BCUT2D eigenvalue weighted by Crippen LogP contribution is -2.20. The zero-order valence-electron chi connectivity index (χ0n) is 15.0. The van der Waals surface area contributed by atoms with Crippen LogP contribution in [-0.4, -0.2) is 31.9 Å². The predicted octanol–water partition coefficient (Wildman–Crippen LogP) is 3.56. The van der Waals surface area contributed by atoms with Crippen LogP contribution in [0.3, 0.4) is 0 Å². The Labute approximate surface area is 160 Å². The maximum absolute atomic E-state index is 12.1. The molecule has 0 unspecified atom stereocenters. The van der Waals surface area contributed by atoms with Crippen LogP contribution in [-0.2, 0) is 9.53 Å². The van der Waals surface area contributed by atoms with Gasteiger partial charge in [0.25, 0.3) is 5.91 Å². The SMILES string of the molecule is COc1cccc(NC(=O)COC(=O)c2ccc(-c3ccc(C=O)o3)cc2)c1. The van der Waals surface area contributed by atoms with Gasteiger partial charge in [0.2, 0.25) is 0 Å². The van der Waals surface area contributed by atoms with Gasteiger partial charge < -0.3 is 19.2 Å². The van der Waals surface area contributed by atoms with E-state index in [1.165, 1.54) is 7.11 Å². The van der Waals surface area contributed by atoms with Crippen LogP contribution >= 0.6 is 0 Å². The fourth-order valence-corrected chi connectivity index (χ4v) is 2.45. The lowest BCUT2D eigenvalue weighted by atomic mass is 10.1. The minimum Gasteiger partial charge on any atom is -0.497 e. The zero-order valence-corrected chi connectivity index (χ0v) is 15.0. The molecular weight excluding hydrogens is 362 g/mol. The molecule has 0 fully saturated rings. The highest BCUT2D eigenvalue weighted by Gasteiger charge is 2.12. The van der Waals surface area contributed by atoms with Crippen LogP contribution in [0.15, 0.2) is 65.1 Å². The van der Waals surface area contributed by atoms with Crippen molar-refractivity contribution in [2.24, 2.45) is 0 Å². The molecular formula is C21H17NO6. The molecule has 1 amide bonds. The summed E-state index contributed by atoms with van der Waals surface area (Å²) in [6, 6.07) is 16.5. The van der Waals surface area contributed by atoms with Crippen molar-refractivity contribution in [1.29, 1.82) is 0 Å². The molecule has 7 heteroatoms. The number of methoxy groups -OCH3 is 1. The summed E-state index contributed by atoms with van der Waals surface area (Å²) in [5.74, 6) is 0.252. The van der Waals surface area contributed by atoms with Crippen LogP contribution < -0.4 is 10.1 Å². The van der Waals surface area contributed by atoms with Gasteiger partial charge in [-0.25, -0.2) is 4.79 Å². The van der Waals surface area contributed by atoms with Gasteiger partial charge in [-0.05, 0) is 36.4 Å². The predicted molar refractivity (Wildman–Crippen MR) is 101 cm³/mol. The minimum atomic E-state index is -0.625. The molecule has 0 atom stereocenters. The minimum absolute atomic E-state index is 0.223. The van der Waals surface area contributed by atoms with Gasteiger partial charge in [-0.3, -0.25) is 9.59 Å². The molecule has 0 aliphatic heterocycles. The van der Waals surface area contributed by atoms with Gasteiger partial charge in [-0.1, -0.05) is 18.2 Å². The molecule has 0 bridgehead atoms. The Bertz CT molecular complexity index is 990. The summed E-state index contributed by atoms with van der Waals surface area (Å²) in [6.07, 6.45) is 0.617. The molecule has 0 saturated heterocycles. The van der Waals surface area contributed by atoms with Crippen LogP contribution in [0.4, 0.5) is 5.69 Å². The molecule has 2 aromatic carbocycles. The van der Waals surface area contributed by atoms with E-state index >= 15 is 0 Å². The number of ether oxygens (including phenoxy) is 2. The number of aldehydes is 1. The standard InChI is InChI=1S/C21H17NO6/c1-26-17-4-2-3-16(11-17)22-20(24)13-27-21(25)15-7-5-14(6-8-15)19-10-9-18(12-23)28-19/h2-12H,13H2,1H3,(H,22,24). The number of benzene rings is 2. The van der Waals surface area contributed by atoms with Gasteiger partial charge in [-0.2, -0.15) is 0 Å². The third kappa shape index (κ3) is 4.64. The highest BCUT2D eigenvalue weighted by atomic mass is 16.5. The smallest absolute Gasteiger partial charge is 0.338 e. The maximum Gasteiger partial charge on any atom is 0.338 e. The number of nitrogens with one attached hydrogen (secondary N) is 1. The van der Waals surface area contributed by atoms with Gasteiger partial charge in [0.05, 0.1) is 12.7 Å². The van der Waals surface area contributed by atoms with Crippen molar-refractivity contribution in [2.75, 3.05) is 19.0 Å². The Kier molecular flexibility index (Phi) is 5.86. The molecule has 0 spiro atoms. The molecule has 3 rings (SSSR count). The molecule has 1 aromatic heterocycles. The summed E-state index contributed by atoms with van der Waals surface area (Å²) in [5, 5.41) is 2.62. The van der Waals surface area contributed by atoms with E-state index in [-0.39, 0.29) is 5.76 Å². The second-order valence-electron chi connectivity index (χ2n) is 5.75. The first kappa shape index (κ1) is 18.9. The molecule has 28 heavy (non-hydrogen) atoms. The van der Waals surface area contributed by atoms with Crippen molar-refractivity contribution in [3.63, 3.8) is 0 Å². The average molecular weight is 379 g/mol. The first-order valence-corrected chi connectivity index (χ1v) is 8.35. The molecule has 1 N–H and O–H groups in total. The van der Waals surface area contributed by atoms with E-state index in [0.717, 1.165) is 0 Å². The fraction of sp³-hybridized carbons (Fsp3) is 0.0952. The fourth-order valence-electron chi connectivity index (χ4n) is 2.45. The summed E-state index contributed by atoms with van der Waals surface area (Å²) in [7, 11) is 1.53. The van der Waals surface area contributed by atoms with Crippen molar-refractivity contribution in [3.05, 3.63) is 72.0 Å². The highest BCUT2D eigenvalue weighted by Crippen LogP contribution is 2.22. The van der Waals surface area contributed by atoms with Crippen LogP contribution in [0.1, 0.15) is 20.9 Å². The maximum atomic E-state index is 12.1. The normalized spacial score (nSPS) is 10.2. The quantitative estimate of drug-likeness (QED) is 0.498. The highest BCUT2D eigenvalue weighted by molar-refractivity contribution is 5.95. The van der Waals surface area contributed by atoms with Crippen molar-refractivity contribution in [2.45, 2.75) is 0 Å². The zero-order chi connectivity index (χ0) is 19.9. The Hall–Kier alpha value is -3.87. The van der Waals surface area contributed by atoms with Crippen molar-refractivity contribution in [1.82, 2.24) is 0 Å². The van der Waals surface area contributed by atoms with Gasteiger partial charge in [0.1, 0.15) is 11.5 Å². The van der Waals surface area contributed by atoms with E-state index in [2.05, 4.69) is 5.32 Å². The van der Waals surface area contributed by atoms with E-state index in [0.29, 0.717) is 34.6 Å². The van der Waals surface area contributed by atoms with Crippen LogP contribution in [0, 0.1) is 0 Å². The number of rotatable bonds is 7. The number of furan rings is 1. The monoisotopic (exact) mass is 379 g/mol. The molecule has 0 saturated carbocycles. The second-order valence-corrected chi connectivity index (χ2v) is 5.75. The molecule has 1 heterocycles. The Morgan fingerprint density at radius 1 is 1.07 bits per heavy atom. The number of hydrogen-bond donors (Lipinski definition) is 1. The number of amides is 1. The summed E-state index contributed by atoms with van der Waals surface area (Å²) in [4.78, 5) is 34.7. The van der Waals surface area contributed by atoms with Crippen LogP contribution in [0.2, 0.25) is 0 Å². The van der Waals surface area contributed by atoms with Crippen molar-refractivity contribution >= 4 is 23.9 Å². The van der Waals surface area contributed by atoms with E-state index in [4.69, 9.17) is 13.9 Å². The van der Waals surface area contributed by atoms with Crippen molar-refractivity contribution in [3.8, 4) is 17.1 Å². The van der Waals surface area contributed by atoms with Gasteiger partial charge in [0.15, 0.2) is 18.7 Å². The number of carbonyl (C=O) groups is 3. The summed E-state index contributed by atoms with van der Waals surface area (Å²) >= 11 is 0. The summed E-state index contributed by atoms with van der Waals surface area (Å²) in [6.45, 7) is -0.418. The molecule has 142 valence electrons. The largest absolute Gasteiger partial charge is 0.497 e. The summed E-state index contributed by atoms with van der Waals surface area (Å²) < 4.78 is 15.4. The molecule has 7 nitrogen and oxygen atoms in total. The van der Waals surface area contributed by atoms with Crippen LogP contribution in [0.5, 0.6) is 5.75 Å². The second kappa shape index (κ2) is 8.68. The first-order chi connectivity index (χ1) is 13.6. The van der Waals surface area contributed by atoms with E-state index in [9.17, 15) is 14.4 Å². The Morgan fingerprint density at radius 2 is 1.86 bits per heavy atom. The topological polar surface area (TPSA) is 94.8 Å². The van der Waals surface area contributed by atoms with Crippen molar-refractivity contribution < 1.29 is 28.3 Å². The van der Waals surface area contributed by atoms with E-state index in [1.54, 1.807) is 60.7 Å². The molecule has 3 aromatic rings. The molecule has 0 aliphatic rings. The number of esters is 1. The molecule has 0 radical (unpaired) electrons. The molecule has 0 aliphatic carbocycles. The third-order valence-electron chi connectivity index (χ3n) is 3.84. The lowest BCUT2D eigenvalue weighted by Gasteiger charge is -2.08. The lowest BCUT2D eigenvalue weighted by molar-refractivity contribution is -0.119. The number of anilines is 1.